The second-order valence-corrected chi connectivity index (χ2v) is 2.40. The van der Waals surface area contributed by atoms with E-state index in [1.165, 1.54) is 0 Å². The first-order valence-electron chi connectivity index (χ1n) is 3.36. The highest BCUT2D eigenvalue weighted by Gasteiger charge is 2.21. The maximum absolute atomic E-state index is 12.7. The zero-order chi connectivity index (χ0) is 6.69. The second-order valence-electron chi connectivity index (χ2n) is 2.40. The predicted molar refractivity (Wildman–Crippen MR) is 35.2 cm³/mol. The summed E-state index contributed by atoms with van der Waals surface area (Å²) in [6, 6.07) is 0.0752. The SMILES string of the molecule is CN[C@H]1CCNC[C@@H]1F. The Balaban J connectivity index is 2.30. The number of rotatable bonds is 1. The Morgan fingerprint density at radius 1 is 1.67 bits per heavy atom. The molecule has 1 rings (SSSR count). The Morgan fingerprint density at radius 2 is 2.44 bits per heavy atom. The quantitative estimate of drug-likeness (QED) is 0.521. The summed E-state index contributed by atoms with van der Waals surface area (Å²) in [5.41, 5.74) is 0. The largest absolute Gasteiger partial charge is 0.314 e. The first kappa shape index (κ1) is 6.96. The first-order chi connectivity index (χ1) is 4.34. The zero-order valence-electron chi connectivity index (χ0n) is 5.65. The molecule has 0 aromatic carbocycles. The zero-order valence-corrected chi connectivity index (χ0v) is 5.65. The average molecular weight is 132 g/mol. The van der Waals surface area contributed by atoms with Gasteiger partial charge in [-0.15, -0.1) is 0 Å². The molecule has 2 atom stereocenters. The molecule has 0 aromatic heterocycles. The lowest BCUT2D eigenvalue weighted by molar-refractivity contribution is 0.210. The molecule has 2 N–H and O–H groups in total. The molecule has 9 heavy (non-hydrogen) atoms. The van der Waals surface area contributed by atoms with Crippen molar-refractivity contribution in [2.24, 2.45) is 0 Å². The summed E-state index contributed by atoms with van der Waals surface area (Å²) in [6.45, 7) is 1.44. The molecule has 1 heterocycles. The molecule has 0 aromatic rings. The molecule has 1 saturated heterocycles. The normalized spacial score (nSPS) is 36.7. The van der Waals surface area contributed by atoms with Crippen LogP contribution in [0.4, 0.5) is 4.39 Å². The van der Waals surface area contributed by atoms with Crippen LogP contribution in [0, 0.1) is 0 Å². The third-order valence-corrected chi connectivity index (χ3v) is 1.78. The number of alkyl halides is 1. The van der Waals surface area contributed by atoms with E-state index in [2.05, 4.69) is 10.6 Å². The van der Waals surface area contributed by atoms with Gasteiger partial charge in [0.1, 0.15) is 6.17 Å². The maximum atomic E-state index is 12.7. The van der Waals surface area contributed by atoms with Gasteiger partial charge in [0.15, 0.2) is 0 Å². The molecular weight excluding hydrogens is 119 g/mol. The number of nitrogens with one attached hydrogen (secondary N) is 2. The van der Waals surface area contributed by atoms with E-state index in [4.69, 9.17) is 0 Å². The van der Waals surface area contributed by atoms with Crippen molar-refractivity contribution >= 4 is 0 Å². The molecule has 0 aliphatic carbocycles. The number of halogens is 1. The molecule has 0 unspecified atom stereocenters. The van der Waals surface area contributed by atoms with E-state index in [-0.39, 0.29) is 6.04 Å². The minimum absolute atomic E-state index is 0.0752. The molecule has 1 aliphatic rings. The Hall–Kier alpha value is -0.150. The fourth-order valence-corrected chi connectivity index (χ4v) is 1.15. The summed E-state index contributed by atoms with van der Waals surface area (Å²) in [5, 5.41) is 5.92. The van der Waals surface area contributed by atoms with E-state index in [1.54, 1.807) is 0 Å². The molecule has 54 valence electrons. The van der Waals surface area contributed by atoms with Crippen molar-refractivity contribution in [3.05, 3.63) is 0 Å². The topological polar surface area (TPSA) is 24.1 Å². The fourth-order valence-electron chi connectivity index (χ4n) is 1.15. The fraction of sp³-hybridized carbons (Fsp3) is 1.00. The van der Waals surface area contributed by atoms with Crippen LogP contribution in [-0.2, 0) is 0 Å². The van der Waals surface area contributed by atoms with E-state index in [0.29, 0.717) is 6.54 Å². The summed E-state index contributed by atoms with van der Waals surface area (Å²) < 4.78 is 12.7. The van der Waals surface area contributed by atoms with Gasteiger partial charge in [0.2, 0.25) is 0 Å². The summed E-state index contributed by atoms with van der Waals surface area (Å²) in [7, 11) is 1.81. The molecule has 0 spiro atoms. The minimum atomic E-state index is -0.705. The van der Waals surface area contributed by atoms with E-state index < -0.39 is 6.17 Å². The van der Waals surface area contributed by atoms with Gasteiger partial charge in [0.25, 0.3) is 0 Å². The molecule has 3 heteroatoms. The van der Waals surface area contributed by atoms with Gasteiger partial charge < -0.3 is 10.6 Å². The first-order valence-corrected chi connectivity index (χ1v) is 3.36. The van der Waals surface area contributed by atoms with Gasteiger partial charge in [-0.1, -0.05) is 0 Å². The summed E-state index contributed by atoms with van der Waals surface area (Å²) in [6.07, 6.45) is 0.196. The Kier molecular flexibility index (Phi) is 2.42. The molecule has 0 radical (unpaired) electrons. The smallest absolute Gasteiger partial charge is 0.128 e. The van der Waals surface area contributed by atoms with Crippen molar-refractivity contribution in [3.8, 4) is 0 Å². The van der Waals surface area contributed by atoms with E-state index in [0.717, 1.165) is 13.0 Å². The summed E-state index contributed by atoms with van der Waals surface area (Å²) in [5.74, 6) is 0. The van der Waals surface area contributed by atoms with Crippen LogP contribution in [0.3, 0.4) is 0 Å². The number of piperidine rings is 1. The molecule has 1 fully saturated rings. The van der Waals surface area contributed by atoms with Crippen molar-refractivity contribution in [1.82, 2.24) is 10.6 Å². The van der Waals surface area contributed by atoms with Gasteiger partial charge >= 0.3 is 0 Å². The third kappa shape index (κ3) is 1.63. The summed E-state index contributed by atoms with van der Waals surface area (Å²) in [4.78, 5) is 0. The molecular formula is C6H13FN2. The van der Waals surface area contributed by atoms with Gasteiger partial charge in [0.05, 0.1) is 0 Å². The Bertz CT molecular complexity index is 87.1. The molecule has 2 nitrogen and oxygen atoms in total. The minimum Gasteiger partial charge on any atom is -0.314 e. The highest BCUT2D eigenvalue weighted by Crippen LogP contribution is 2.05. The van der Waals surface area contributed by atoms with Crippen molar-refractivity contribution in [2.75, 3.05) is 20.1 Å². The third-order valence-electron chi connectivity index (χ3n) is 1.78. The van der Waals surface area contributed by atoms with Crippen LogP contribution in [0.15, 0.2) is 0 Å². The van der Waals surface area contributed by atoms with Crippen LogP contribution in [0.1, 0.15) is 6.42 Å². The highest BCUT2D eigenvalue weighted by atomic mass is 19.1. The molecule has 0 amide bonds. The second kappa shape index (κ2) is 3.13. The van der Waals surface area contributed by atoms with Gasteiger partial charge in [-0.05, 0) is 20.0 Å². The van der Waals surface area contributed by atoms with E-state index in [9.17, 15) is 4.39 Å². The lowest BCUT2D eigenvalue weighted by Crippen LogP contribution is -2.47. The molecule has 0 saturated carbocycles. The van der Waals surface area contributed by atoms with Crippen LogP contribution in [0.2, 0.25) is 0 Å². The monoisotopic (exact) mass is 132 g/mol. The molecule has 0 bridgehead atoms. The van der Waals surface area contributed by atoms with Crippen molar-refractivity contribution in [1.29, 1.82) is 0 Å². The van der Waals surface area contributed by atoms with Gasteiger partial charge in [-0.2, -0.15) is 0 Å². The average Bonchev–Trinajstić information content (AvgIpc) is 1.89. The van der Waals surface area contributed by atoms with Crippen LogP contribution >= 0.6 is 0 Å². The van der Waals surface area contributed by atoms with Crippen molar-refractivity contribution < 1.29 is 4.39 Å². The Morgan fingerprint density at radius 3 is 2.89 bits per heavy atom. The van der Waals surface area contributed by atoms with Crippen LogP contribution in [-0.4, -0.2) is 32.4 Å². The maximum Gasteiger partial charge on any atom is 0.128 e. The van der Waals surface area contributed by atoms with Crippen LogP contribution in [0.5, 0.6) is 0 Å². The number of hydrogen-bond donors (Lipinski definition) is 2. The Labute approximate surface area is 54.8 Å². The van der Waals surface area contributed by atoms with Gasteiger partial charge in [-0.3, -0.25) is 0 Å². The predicted octanol–water partition coefficient (Wildman–Crippen LogP) is -0.0942. The lowest BCUT2D eigenvalue weighted by Gasteiger charge is -2.25. The van der Waals surface area contributed by atoms with E-state index in [1.807, 2.05) is 7.05 Å². The van der Waals surface area contributed by atoms with E-state index >= 15 is 0 Å². The highest BCUT2D eigenvalue weighted by molar-refractivity contribution is 4.81. The summed E-state index contributed by atoms with van der Waals surface area (Å²) >= 11 is 0. The van der Waals surface area contributed by atoms with Crippen LogP contribution < -0.4 is 10.6 Å². The van der Waals surface area contributed by atoms with Crippen molar-refractivity contribution in [2.45, 2.75) is 18.6 Å². The van der Waals surface area contributed by atoms with Gasteiger partial charge in [-0.25, -0.2) is 4.39 Å². The van der Waals surface area contributed by atoms with Crippen LogP contribution in [0.25, 0.3) is 0 Å². The standard InChI is InChI=1S/C6H13FN2/c1-8-6-2-3-9-4-5(6)7/h5-6,8-9H,2-4H2,1H3/t5-,6-/m0/s1. The molecule has 1 aliphatic heterocycles. The number of hydrogen-bond acceptors (Lipinski definition) is 2. The van der Waals surface area contributed by atoms with Crippen molar-refractivity contribution in [3.63, 3.8) is 0 Å². The van der Waals surface area contributed by atoms with Gasteiger partial charge in [0, 0.05) is 12.6 Å². The lowest BCUT2D eigenvalue weighted by atomic mass is 10.1.